The van der Waals surface area contributed by atoms with Crippen molar-refractivity contribution in [2.45, 2.75) is 26.8 Å². The molecule has 1 aliphatic rings. The topological polar surface area (TPSA) is 49.4 Å². The molecule has 0 radical (unpaired) electrons. The van der Waals surface area contributed by atoms with Crippen LogP contribution in [0.25, 0.3) is 0 Å². The van der Waals surface area contributed by atoms with Gasteiger partial charge in [0.05, 0.1) is 0 Å². The molecule has 1 fully saturated rings. The molecule has 0 aromatic heterocycles. The third-order valence-electron chi connectivity index (χ3n) is 4.83. The van der Waals surface area contributed by atoms with Gasteiger partial charge in [-0.25, -0.2) is 0 Å². The SMILES string of the molecule is Cc1ccc(C(=O)NCC2CC(=O)N(Cc3ccccc3)C2)cc1C. The molecular weight excluding hydrogens is 312 g/mol. The van der Waals surface area contributed by atoms with Crippen LogP contribution in [0.1, 0.15) is 33.5 Å². The molecule has 1 N–H and O–H groups in total. The predicted octanol–water partition coefficient (Wildman–Crippen LogP) is 3.08. The third kappa shape index (κ3) is 4.27. The van der Waals surface area contributed by atoms with Crippen LogP contribution in [0.3, 0.4) is 0 Å². The maximum atomic E-state index is 12.3. The van der Waals surface area contributed by atoms with E-state index in [0.29, 0.717) is 31.6 Å². The van der Waals surface area contributed by atoms with E-state index in [9.17, 15) is 9.59 Å². The standard InChI is InChI=1S/C21H24N2O2/c1-15-8-9-19(10-16(15)2)21(25)22-12-18-11-20(24)23(14-18)13-17-6-4-3-5-7-17/h3-10,18H,11-14H2,1-2H3,(H,22,25). The summed E-state index contributed by atoms with van der Waals surface area (Å²) in [7, 11) is 0. The van der Waals surface area contributed by atoms with Crippen molar-refractivity contribution in [3.8, 4) is 0 Å². The Balaban J connectivity index is 1.53. The van der Waals surface area contributed by atoms with Crippen molar-refractivity contribution >= 4 is 11.8 Å². The van der Waals surface area contributed by atoms with Crippen molar-refractivity contribution in [1.82, 2.24) is 10.2 Å². The lowest BCUT2D eigenvalue weighted by Crippen LogP contribution is -2.31. The van der Waals surface area contributed by atoms with Crippen molar-refractivity contribution in [3.05, 3.63) is 70.8 Å². The van der Waals surface area contributed by atoms with Gasteiger partial charge < -0.3 is 10.2 Å². The first-order chi connectivity index (χ1) is 12.0. The number of hydrogen-bond donors (Lipinski definition) is 1. The van der Waals surface area contributed by atoms with E-state index in [1.807, 2.05) is 67.3 Å². The predicted molar refractivity (Wildman–Crippen MR) is 98.2 cm³/mol. The van der Waals surface area contributed by atoms with Crippen LogP contribution in [-0.2, 0) is 11.3 Å². The fourth-order valence-corrected chi connectivity index (χ4v) is 3.17. The molecule has 0 bridgehead atoms. The highest BCUT2D eigenvalue weighted by atomic mass is 16.2. The number of likely N-dealkylation sites (tertiary alicyclic amines) is 1. The smallest absolute Gasteiger partial charge is 0.251 e. The van der Waals surface area contributed by atoms with E-state index in [-0.39, 0.29) is 17.7 Å². The Labute approximate surface area is 148 Å². The zero-order chi connectivity index (χ0) is 17.8. The largest absolute Gasteiger partial charge is 0.352 e. The van der Waals surface area contributed by atoms with E-state index in [4.69, 9.17) is 0 Å². The highest BCUT2D eigenvalue weighted by Gasteiger charge is 2.29. The van der Waals surface area contributed by atoms with Crippen LogP contribution in [0.5, 0.6) is 0 Å². The summed E-state index contributed by atoms with van der Waals surface area (Å²) in [5, 5.41) is 2.97. The normalized spacial score (nSPS) is 17.0. The average Bonchev–Trinajstić information content (AvgIpc) is 2.96. The second-order valence-electron chi connectivity index (χ2n) is 6.84. The minimum Gasteiger partial charge on any atom is -0.352 e. The Hall–Kier alpha value is -2.62. The second-order valence-corrected chi connectivity index (χ2v) is 6.84. The molecule has 1 atom stereocenters. The van der Waals surface area contributed by atoms with Gasteiger partial charge >= 0.3 is 0 Å². The maximum Gasteiger partial charge on any atom is 0.251 e. The van der Waals surface area contributed by atoms with Crippen molar-refractivity contribution in [1.29, 1.82) is 0 Å². The van der Waals surface area contributed by atoms with E-state index in [1.165, 1.54) is 5.56 Å². The van der Waals surface area contributed by atoms with Crippen molar-refractivity contribution in [3.63, 3.8) is 0 Å². The lowest BCUT2D eigenvalue weighted by atomic mass is 10.1. The minimum absolute atomic E-state index is 0.0722. The zero-order valence-electron chi connectivity index (χ0n) is 14.8. The summed E-state index contributed by atoms with van der Waals surface area (Å²) >= 11 is 0. The summed E-state index contributed by atoms with van der Waals surface area (Å²) in [5.74, 6) is 0.262. The number of nitrogens with zero attached hydrogens (tertiary/aromatic N) is 1. The number of amides is 2. The molecule has 2 aromatic rings. The van der Waals surface area contributed by atoms with E-state index in [2.05, 4.69) is 5.32 Å². The van der Waals surface area contributed by atoms with Gasteiger partial charge in [0.25, 0.3) is 5.91 Å². The Bertz CT molecular complexity index is 771. The summed E-state index contributed by atoms with van der Waals surface area (Å²) in [5.41, 5.74) is 4.09. The third-order valence-corrected chi connectivity index (χ3v) is 4.83. The van der Waals surface area contributed by atoms with Crippen molar-refractivity contribution in [2.24, 2.45) is 5.92 Å². The van der Waals surface area contributed by atoms with E-state index in [1.54, 1.807) is 0 Å². The van der Waals surface area contributed by atoms with Crippen molar-refractivity contribution in [2.75, 3.05) is 13.1 Å². The van der Waals surface area contributed by atoms with E-state index < -0.39 is 0 Å². The Morgan fingerprint density at radius 1 is 1.12 bits per heavy atom. The molecule has 1 aliphatic heterocycles. The summed E-state index contributed by atoms with van der Waals surface area (Å²) in [6.07, 6.45) is 0.500. The average molecular weight is 336 g/mol. The summed E-state index contributed by atoms with van der Waals surface area (Å²) < 4.78 is 0. The maximum absolute atomic E-state index is 12.3. The lowest BCUT2D eigenvalue weighted by Gasteiger charge is -2.17. The van der Waals surface area contributed by atoms with Crippen LogP contribution < -0.4 is 5.32 Å². The highest BCUT2D eigenvalue weighted by Crippen LogP contribution is 2.20. The Kier molecular flexibility index (Phi) is 5.17. The van der Waals surface area contributed by atoms with Crippen LogP contribution in [0.4, 0.5) is 0 Å². The first-order valence-corrected chi connectivity index (χ1v) is 8.70. The molecule has 1 unspecified atom stereocenters. The number of rotatable bonds is 5. The van der Waals surface area contributed by atoms with Gasteiger partial charge in [-0.3, -0.25) is 9.59 Å². The molecule has 130 valence electrons. The molecule has 25 heavy (non-hydrogen) atoms. The van der Waals surface area contributed by atoms with Gasteiger partial charge in [-0.05, 0) is 42.7 Å². The molecule has 0 aliphatic carbocycles. The number of hydrogen-bond acceptors (Lipinski definition) is 2. The number of nitrogens with one attached hydrogen (secondary N) is 1. The van der Waals surface area contributed by atoms with Gasteiger partial charge in [-0.15, -0.1) is 0 Å². The molecule has 4 heteroatoms. The van der Waals surface area contributed by atoms with Gasteiger partial charge in [0, 0.05) is 37.5 Å². The highest BCUT2D eigenvalue weighted by molar-refractivity contribution is 5.94. The van der Waals surface area contributed by atoms with Gasteiger partial charge in [0.1, 0.15) is 0 Å². The fraction of sp³-hybridized carbons (Fsp3) is 0.333. The van der Waals surface area contributed by atoms with Gasteiger partial charge in [-0.2, -0.15) is 0 Å². The first kappa shape index (κ1) is 17.2. The minimum atomic E-state index is -0.0722. The number of aryl methyl sites for hydroxylation is 2. The monoisotopic (exact) mass is 336 g/mol. The lowest BCUT2D eigenvalue weighted by molar-refractivity contribution is -0.128. The van der Waals surface area contributed by atoms with Crippen LogP contribution >= 0.6 is 0 Å². The molecule has 2 aromatic carbocycles. The van der Waals surface area contributed by atoms with Crippen LogP contribution in [0, 0.1) is 19.8 Å². The molecule has 4 nitrogen and oxygen atoms in total. The molecule has 3 rings (SSSR count). The molecule has 0 saturated carbocycles. The quantitative estimate of drug-likeness (QED) is 0.912. The molecule has 1 saturated heterocycles. The summed E-state index contributed by atoms with van der Waals surface area (Å²) in [4.78, 5) is 26.4. The molecular formula is C21H24N2O2. The van der Waals surface area contributed by atoms with Crippen LogP contribution in [0.15, 0.2) is 48.5 Å². The number of carbonyl (C=O) groups excluding carboxylic acids is 2. The van der Waals surface area contributed by atoms with Gasteiger partial charge in [0.2, 0.25) is 5.91 Å². The molecule has 1 heterocycles. The van der Waals surface area contributed by atoms with Gasteiger partial charge in [0.15, 0.2) is 0 Å². The zero-order valence-corrected chi connectivity index (χ0v) is 14.8. The fourth-order valence-electron chi connectivity index (χ4n) is 3.17. The molecule has 0 spiro atoms. The Morgan fingerprint density at radius 2 is 1.88 bits per heavy atom. The number of benzene rings is 2. The summed E-state index contributed by atoms with van der Waals surface area (Å²) in [6, 6.07) is 15.7. The van der Waals surface area contributed by atoms with Crippen molar-refractivity contribution < 1.29 is 9.59 Å². The van der Waals surface area contributed by atoms with Crippen LogP contribution in [-0.4, -0.2) is 29.8 Å². The van der Waals surface area contributed by atoms with Crippen LogP contribution in [0.2, 0.25) is 0 Å². The first-order valence-electron chi connectivity index (χ1n) is 8.70. The Morgan fingerprint density at radius 3 is 2.60 bits per heavy atom. The number of carbonyl (C=O) groups is 2. The van der Waals surface area contributed by atoms with Gasteiger partial charge in [-0.1, -0.05) is 36.4 Å². The summed E-state index contributed by atoms with van der Waals surface area (Å²) in [6.45, 7) is 5.90. The molecule has 2 amide bonds. The van der Waals surface area contributed by atoms with E-state index >= 15 is 0 Å². The van der Waals surface area contributed by atoms with E-state index in [0.717, 1.165) is 11.1 Å². The second kappa shape index (κ2) is 7.51.